The van der Waals surface area contributed by atoms with Gasteiger partial charge in [-0.1, -0.05) is 60.7 Å². The fraction of sp³-hybridized carbons (Fsp3) is 0.320. The van der Waals surface area contributed by atoms with Crippen molar-refractivity contribution in [1.29, 1.82) is 0 Å². The standard InChI is InChI=1S/C25H26N2O5/c1-15(12-23(28)29)26-24(30)16-10-11-17(13-16)27-25(31)32-14-22-20-8-4-2-6-18(20)19-7-3-5-9-21(19)22/h2-11,15-17,22H,12-14H2,1H3,(H,26,30)(H,27,31)(H,28,29). The molecule has 2 aliphatic carbocycles. The molecule has 2 aromatic rings. The lowest BCUT2D eigenvalue weighted by atomic mass is 9.98. The zero-order valence-electron chi connectivity index (χ0n) is 17.8. The van der Waals surface area contributed by atoms with E-state index in [2.05, 4.69) is 34.9 Å². The van der Waals surface area contributed by atoms with Crippen LogP contribution in [0.3, 0.4) is 0 Å². The number of hydrogen-bond acceptors (Lipinski definition) is 4. The first kappa shape index (κ1) is 21.6. The Morgan fingerprint density at radius 2 is 1.66 bits per heavy atom. The van der Waals surface area contributed by atoms with Crippen LogP contribution in [-0.4, -0.2) is 41.8 Å². The summed E-state index contributed by atoms with van der Waals surface area (Å²) in [6.07, 6.45) is 3.26. The molecule has 0 saturated heterocycles. The van der Waals surface area contributed by atoms with Gasteiger partial charge in [0.1, 0.15) is 6.61 Å². The lowest BCUT2D eigenvalue weighted by Crippen LogP contribution is -2.39. The molecule has 166 valence electrons. The molecule has 3 unspecified atom stereocenters. The molecule has 0 bridgehead atoms. The van der Waals surface area contributed by atoms with Gasteiger partial charge in [-0.05, 0) is 35.6 Å². The Hall–Kier alpha value is -3.61. The van der Waals surface area contributed by atoms with Gasteiger partial charge in [-0.2, -0.15) is 0 Å². The molecule has 7 heteroatoms. The number of benzene rings is 2. The van der Waals surface area contributed by atoms with E-state index in [4.69, 9.17) is 9.84 Å². The van der Waals surface area contributed by atoms with Crippen molar-refractivity contribution in [2.24, 2.45) is 5.92 Å². The van der Waals surface area contributed by atoms with E-state index in [9.17, 15) is 14.4 Å². The summed E-state index contributed by atoms with van der Waals surface area (Å²) >= 11 is 0. The normalized spacial score (nSPS) is 19.7. The van der Waals surface area contributed by atoms with Crippen LogP contribution >= 0.6 is 0 Å². The van der Waals surface area contributed by atoms with Gasteiger partial charge in [0.15, 0.2) is 0 Å². The zero-order valence-corrected chi connectivity index (χ0v) is 17.8. The molecule has 0 fully saturated rings. The van der Waals surface area contributed by atoms with Gasteiger partial charge in [0.05, 0.1) is 18.4 Å². The van der Waals surface area contributed by atoms with E-state index in [1.807, 2.05) is 24.3 Å². The van der Waals surface area contributed by atoms with Crippen LogP contribution in [0.25, 0.3) is 11.1 Å². The molecule has 0 aromatic heterocycles. The number of ether oxygens (including phenoxy) is 1. The predicted octanol–water partition coefficient (Wildman–Crippen LogP) is 3.45. The summed E-state index contributed by atoms with van der Waals surface area (Å²) in [6.45, 7) is 1.88. The van der Waals surface area contributed by atoms with Crippen LogP contribution in [-0.2, 0) is 14.3 Å². The molecule has 32 heavy (non-hydrogen) atoms. The molecule has 0 spiro atoms. The first-order chi connectivity index (χ1) is 15.4. The fourth-order valence-corrected chi connectivity index (χ4v) is 4.45. The van der Waals surface area contributed by atoms with Crippen LogP contribution in [0.15, 0.2) is 60.7 Å². The van der Waals surface area contributed by atoms with Crippen LogP contribution < -0.4 is 10.6 Å². The highest BCUT2D eigenvalue weighted by Crippen LogP contribution is 2.44. The second-order valence-corrected chi connectivity index (χ2v) is 8.31. The average molecular weight is 434 g/mol. The number of alkyl carbamates (subject to hydrolysis) is 1. The van der Waals surface area contributed by atoms with Crippen molar-refractivity contribution >= 4 is 18.0 Å². The van der Waals surface area contributed by atoms with E-state index in [1.54, 1.807) is 19.1 Å². The van der Waals surface area contributed by atoms with Gasteiger partial charge in [0.2, 0.25) is 5.91 Å². The fourth-order valence-electron chi connectivity index (χ4n) is 4.45. The molecule has 2 aromatic carbocycles. The van der Waals surface area contributed by atoms with Crippen LogP contribution in [0.4, 0.5) is 4.79 Å². The van der Waals surface area contributed by atoms with E-state index in [0.29, 0.717) is 6.42 Å². The summed E-state index contributed by atoms with van der Waals surface area (Å²) in [5.41, 5.74) is 4.63. The third-order valence-corrected chi connectivity index (χ3v) is 5.94. The second kappa shape index (κ2) is 9.26. The number of carbonyl (C=O) groups excluding carboxylic acids is 2. The molecule has 4 rings (SSSR count). The van der Waals surface area contributed by atoms with Gasteiger partial charge in [0, 0.05) is 12.0 Å². The first-order valence-corrected chi connectivity index (χ1v) is 10.7. The van der Waals surface area contributed by atoms with E-state index < -0.39 is 24.0 Å². The second-order valence-electron chi connectivity index (χ2n) is 8.31. The third kappa shape index (κ3) is 4.66. The third-order valence-electron chi connectivity index (χ3n) is 5.94. The number of rotatable bonds is 7. The smallest absolute Gasteiger partial charge is 0.407 e. The summed E-state index contributed by atoms with van der Waals surface area (Å²) in [4.78, 5) is 35.5. The van der Waals surface area contributed by atoms with E-state index in [0.717, 1.165) is 11.1 Å². The minimum Gasteiger partial charge on any atom is -0.481 e. The summed E-state index contributed by atoms with van der Waals surface area (Å²) in [5, 5.41) is 14.3. The highest BCUT2D eigenvalue weighted by molar-refractivity contribution is 5.82. The van der Waals surface area contributed by atoms with Gasteiger partial charge in [-0.3, -0.25) is 9.59 Å². The topological polar surface area (TPSA) is 105 Å². The quantitative estimate of drug-likeness (QED) is 0.579. The number of fused-ring (bicyclic) bond motifs is 3. The maximum absolute atomic E-state index is 12.4. The minimum absolute atomic E-state index is 0.0125. The number of amides is 2. The molecular weight excluding hydrogens is 408 g/mol. The molecule has 0 saturated carbocycles. The van der Waals surface area contributed by atoms with Crippen LogP contribution in [0.5, 0.6) is 0 Å². The molecule has 7 nitrogen and oxygen atoms in total. The van der Waals surface area contributed by atoms with Crippen LogP contribution in [0.2, 0.25) is 0 Å². The molecule has 0 radical (unpaired) electrons. The monoisotopic (exact) mass is 434 g/mol. The molecule has 2 aliphatic rings. The van der Waals surface area contributed by atoms with Gasteiger partial charge >= 0.3 is 12.1 Å². The van der Waals surface area contributed by atoms with Gasteiger partial charge in [0.25, 0.3) is 0 Å². The first-order valence-electron chi connectivity index (χ1n) is 10.7. The Morgan fingerprint density at radius 3 is 2.28 bits per heavy atom. The van der Waals surface area contributed by atoms with Crippen molar-refractivity contribution in [2.45, 2.75) is 37.8 Å². The lowest BCUT2D eigenvalue weighted by Gasteiger charge is -2.18. The number of aliphatic carboxylic acids is 1. The molecular formula is C25H26N2O5. The van der Waals surface area contributed by atoms with Gasteiger partial charge < -0.3 is 20.5 Å². The molecule has 0 heterocycles. The lowest BCUT2D eigenvalue weighted by molar-refractivity contribution is -0.137. The van der Waals surface area contributed by atoms with Gasteiger partial charge in [-0.25, -0.2) is 4.79 Å². The Morgan fingerprint density at radius 1 is 1.03 bits per heavy atom. The van der Waals surface area contributed by atoms with Crippen LogP contribution in [0, 0.1) is 5.92 Å². The van der Waals surface area contributed by atoms with Crippen molar-refractivity contribution in [3.05, 3.63) is 71.8 Å². The molecule has 3 N–H and O–H groups in total. The predicted molar refractivity (Wildman–Crippen MR) is 119 cm³/mol. The molecule has 2 amide bonds. The SMILES string of the molecule is CC(CC(=O)O)NC(=O)C1C=CC(NC(=O)OCC2c3ccccc3-c3ccccc32)C1. The maximum Gasteiger partial charge on any atom is 0.407 e. The van der Waals surface area contributed by atoms with E-state index >= 15 is 0 Å². The van der Waals surface area contributed by atoms with Gasteiger partial charge in [-0.15, -0.1) is 0 Å². The summed E-state index contributed by atoms with van der Waals surface area (Å²) < 4.78 is 5.56. The van der Waals surface area contributed by atoms with Crippen molar-refractivity contribution < 1.29 is 24.2 Å². The zero-order chi connectivity index (χ0) is 22.7. The van der Waals surface area contributed by atoms with Crippen molar-refractivity contribution in [3.8, 4) is 11.1 Å². The minimum atomic E-state index is -0.963. The number of carboxylic acid groups (broad SMARTS) is 1. The molecule has 0 aliphatic heterocycles. The Balaban J connectivity index is 1.29. The highest BCUT2D eigenvalue weighted by Gasteiger charge is 2.30. The summed E-state index contributed by atoms with van der Waals surface area (Å²) in [6, 6.07) is 15.5. The number of hydrogen-bond donors (Lipinski definition) is 3. The van der Waals surface area contributed by atoms with Crippen LogP contribution in [0.1, 0.15) is 36.8 Å². The number of carboxylic acids is 1. The molecule has 3 atom stereocenters. The summed E-state index contributed by atoms with van der Waals surface area (Å²) in [7, 11) is 0. The number of nitrogens with one attached hydrogen (secondary N) is 2. The highest BCUT2D eigenvalue weighted by atomic mass is 16.5. The van der Waals surface area contributed by atoms with E-state index in [1.165, 1.54) is 11.1 Å². The summed E-state index contributed by atoms with van der Waals surface area (Å²) in [5.74, 6) is -1.63. The maximum atomic E-state index is 12.4. The Bertz CT molecular complexity index is 1020. The average Bonchev–Trinajstić information content (AvgIpc) is 3.34. The van der Waals surface area contributed by atoms with Crippen molar-refractivity contribution in [3.63, 3.8) is 0 Å². The Kier molecular flexibility index (Phi) is 6.25. The van der Waals surface area contributed by atoms with Crippen molar-refractivity contribution in [1.82, 2.24) is 10.6 Å². The number of carbonyl (C=O) groups is 3. The van der Waals surface area contributed by atoms with Crippen molar-refractivity contribution in [2.75, 3.05) is 6.61 Å². The largest absolute Gasteiger partial charge is 0.481 e. The Labute approximate surface area is 186 Å². The van der Waals surface area contributed by atoms with E-state index in [-0.39, 0.29) is 30.9 Å².